The van der Waals surface area contributed by atoms with Gasteiger partial charge in [-0.3, -0.25) is 4.57 Å². The molecule has 1 aromatic heterocycles. The third-order valence-electron chi connectivity index (χ3n) is 4.64. The zero-order valence-corrected chi connectivity index (χ0v) is 15.8. The average molecular weight is 341 g/mol. The third kappa shape index (κ3) is 3.82. The molecule has 7 nitrogen and oxygen atoms in total. The number of hydrogen-bond acceptors (Lipinski definition) is 6. The van der Waals surface area contributed by atoms with E-state index in [4.69, 9.17) is 19.6 Å². The van der Waals surface area contributed by atoms with Crippen molar-refractivity contribution < 1.29 is 13.9 Å². The van der Waals surface area contributed by atoms with Crippen molar-refractivity contribution in [1.82, 2.24) is 9.55 Å². The first-order chi connectivity index (χ1) is 10.4. The lowest BCUT2D eigenvalue weighted by atomic mass is 10.2. The second kappa shape index (κ2) is 6.01. The van der Waals surface area contributed by atoms with E-state index in [-0.39, 0.29) is 17.5 Å². The highest BCUT2D eigenvalue weighted by atomic mass is 28.4. The van der Waals surface area contributed by atoms with Gasteiger partial charge in [0.05, 0.1) is 13.2 Å². The molecule has 1 saturated heterocycles. The van der Waals surface area contributed by atoms with E-state index >= 15 is 0 Å². The van der Waals surface area contributed by atoms with Gasteiger partial charge in [-0.05, 0) is 31.1 Å². The van der Waals surface area contributed by atoms with E-state index in [1.165, 1.54) is 4.57 Å². The normalized spacial score (nSPS) is 25.7. The summed E-state index contributed by atoms with van der Waals surface area (Å²) >= 11 is 0. The highest BCUT2D eigenvalue weighted by Gasteiger charge is 2.42. The van der Waals surface area contributed by atoms with Gasteiger partial charge in [0.15, 0.2) is 20.3 Å². The third-order valence-corrected chi connectivity index (χ3v) is 9.14. The minimum atomic E-state index is -1.87. The van der Waals surface area contributed by atoms with E-state index in [0.29, 0.717) is 6.61 Å². The molecule has 0 saturated carbocycles. The van der Waals surface area contributed by atoms with Crippen LogP contribution in [0.25, 0.3) is 0 Å². The Morgan fingerprint density at radius 2 is 2.17 bits per heavy atom. The van der Waals surface area contributed by atoms with Gasteiger partial charge >= 0.3 is 5.69 Å². The predicted molar refractivity (Wildman–Crippen MR) is 90.5 cm³/mol. The summed E-state index contributed by atoms with van der Waals surface area (Å²) in [5.74, 6) is 0.187. The first-order valence-corrected chi connectivity index (χ1v) is 10.6. The molecule has 2 N–H and O–H groups in total. The monoisotopic (exact) mass is 341 g/mol. The lowest BCUT2D eigenvalue weighted by molar-refractivity contribution is -0.131. The highest BCUT2D eigenvalue weighted by molar-refractivity contribution is 6.74. The van der Waals surface area contributed by atoms with Gasteiger partial charge in [-0.15, -0.1) is 0 Å². The Morgan fingerprint density at radius 3 is 2.74 bits per heavy atom. The van der Waals surface area contributed by atoms with Gasteiger partial charge in [-0.2, -0.15) is 4.98 Å². The van der Waals surface area contributed by atoms with Crippen LogP contribution >= 0.6 is 0 Å². The Morgan fingerprint density at radius 1 is 1.52 bits per heavy atom. The summed E-state index contributed by atoms with van der Waals surface area (Å²) in [6.07, 6.45) is 1.07. The fourth-order valence-electron chi connectivity index (χ4n) is 2.08. The minimum absolute atomic E-state index is 0.118. The molecular weight excluding hydrogens is 314 g/mol. The summed E-state index contributed by atoms with van der Waals surface area (Å²) in [7, 11) is -1.87. The van der Waals surface area contributed by atoms with Gasteiger partial charge in [0, 0.05) is 6.20 Å². The van der Waals surface area contributed by atoms with Crippen molar-refractivity contribution in [2.45, 2.75) is 57.8 Å². The van der Waals surface area contributed by atoms with Crippen LogP contribution in [0.2, 0.25) is 18.1 Å². The molecule has 1 aliphatic heterocycles. The van der Waals surface area contributed by atoms with Crippen molar-refractivity contribution in [3.05, 3.63) is 22.7 Å². The maximum atomic E-state index is 12.0. The SMILES string of the molecule is CC(C)(C)[Si](C)(C)OC[C@H]1OC[C@](C)(n2ccc(N)nc2=O)O1. The summed E-state index contributed by atoms with van der Waals surface area (Å²) < 4.78 is 19.1. The van der Waals surface area contributed by atoms with Gasteiger partial charge in [0.2, 0.25) is 0 Å². The van der Waals surface area contributed by atoms with Crippen LogP contribution in [0.15, 0.2) is 17.1 Å². The smallest absolute Gasteiger partial charge is 0.351 e. The molecule has 1 fully saturated rings. The standard InChI is InChI=1S/C15H27N3O4Si/c1-14(2,3)23(5,6)21-9-12-20-10-15(4,22-12)18-8-7-11(16)17-13(18)19/h7-8,12H,9-10H2,1-6H3,(H2,16,17,19)/t12-,15+/m0/s1. The van der Waals surface area contributed by atoms with Crippen LogP contribution in [0.3, 0.4) is 0 Å². The zero-order valence-electron chi connectivity index (χ0n) is 14.8. The highest BCUT2D eigenvalue weighted by Crippen LogP contribution is 2.37. The average Bonchev–Trinajstić information content (AvgIpc) is 2.78. The second-order valence-corrected chi connectivity index (χ2v) is 12.4. The number of aromatic nitrogens is 2. The van der Waals surface area contributed by atoms with Crippen LogP contribution in [0.4, 0.5) is 5.82 Å². The Hall–Kier alpha value is -1.22. The minimum Gasteiger partial charge on any atom is -0.412 e. The first kappa shape index (κ1) is 18.1. The van der Waals surface area contributed by atoms with Crippen molar-refractivity contribution in [2.24, 2.45) is 0 Å². The molecule has 1 aromatic rings. The van der Waals surface area contributed by atoms with Gasteiger partial charge in [-0.25, -0.2) is 4.79 Å². The quantitative estimate of drug-likeness (QED) is 0.841. The van der Waals surface area contributed by atoms with Gasteiger partial charge in [0.1, 0.15) is 5.82 Å². The summed E-state index contributed by atoms with van der Waals surface area (Å²) in [5.41, 5.74) is 4.16. The Balaban J connectivity index is 2.05. The fourth-order valence-corrected chi connectivity index (χ4v) is 3.06. The second-order valence-electron chi connectivity index (χ2n) is 7.61. The molecule has 2 rings (SSSR count). The first-order valence-electron chi connectivity index (χ1n) is 7.74. The number of hydrogen-bond donors (Lipinski definition) is 1. The summed E-state index contributed by atoms with van der Waals surface area (Å²) in [4.78, 5) is 15.7. The molecule has 0 amide bonds. The van der Waals surface area contributed by atoms with Crippen molar-refractivity contribution in [1.29, 1.82) is 0 Å². The number of anilines is 1. The molecule has 0 radical (unpaired) electrons. The molecule has 8 heteroatoms. The van der Waals surface area contributed by atoms with Crippen LogP contribution in [0.5, 0.6) is 0 Å². The summed E-state index contributed by atoms with van der Waals surface area (Å²) in [6.45, 7) is 13.3. The maximum Gasteiger partial charge on any atom is 0.351 e. The van der Waals surface area contributed by atoms with Crippen molar-refractivity contribution in [2.75, 3.05) is 18.9 Å². The molecule has 2 heterocycles. The Labute approximate surface area is 137 Å². The molecule has 0 aromatic carbocycles. The van der Waals surface area contributed by atoms with E-state index in [9.17, 15) is 4.79 Å². The molecule has 130 valence electrons. The number of nitrogens with zero attached hydrogens (tertiary/aromatic N) is 2. The summed E-state index contributed by atoms with van der Waals surface area (Å²) in [6, 6.07) is 1.56. The molecule has 23 heavy (non-hydrogen) atoms. The predicted octanol–water partition coefficient (Wildman–Crippen LogP) is 1.89. The Kier molecular flexibility index (Phi) is 4.73. The van der Waals surface area contributed by atoms with Crippen LogP contribution < -0.4 is 11.4 Å². The molecule has 0 spiro atoms. The van der Waals surface area contributed by atoms with Gasteiger partial charge in [-0.1, -0.05) is 20.8 Å². The van der Waals surface area contributed by atoms with Crippen molar-refractivity contribution >= 4 is 14.1 Å². The molecule has 2 atom stereocenters. The van der Waals surface area contributed by atoms with Crippen LogP contribution in [-0.4, -0.2) is 37.4 Å². The number of nitrogens with two attached hydrogens (primary N) is 1. The lowest BCUT2D eigenvalue weighted by Gasteiger charge is -2.36. The van der Waals surface area contributed by atoms with E-state index < -0.39 is 26.0 Å². The van der Waals surface area contributed by atoms with E-state index in [1.807, 2.05) is 0 Å². The van der Waals surface area contributed by atoms with Crippen molar-refractivity contribution in [3.63, 3.8) is 0 Å². The number of rotatable bonds is 4. The van der Waals surface area contributed by atoms with Crippen LogP contribution in [0.1, 0.15) is 27.7 Å². The van der Waals surface area contributed by atoms with E-state index in [2.05, 4.69) is 38.8 Å². The molecule has 0 bridgehead atoms. The Bertz CT molecular complexity index is 626. The molecule has 1 aliphatic rings. The zero-order chi connectivity index (χ0) is 17.5. The van der Waals surface area contributed by atoms with E-state index in [1.54, 1.807) is 19.2 Å². The van der Waals surface area contributed by atoms with E-state index in [0.717, 1.165) is 0 Å². The van der Waals surface area contributed by atoms with Crippen LogP contribution in [-0.2, 0) is 19.6 Å². The topological polar surface area (TPSA) is 88.6 Å². The number of ether oxygens (including phenoxy) is 2. The van der Waals surface area contributed by atoms with Crippen molar-refractivity contribution in [3.8, 4) is 0 Å². The largest absolute Gasteiger partial charge is 0.412 e. The fraction of sp³-hybridized carbons (Fsp3) is 0.733. The van der Waals surface area contributed by atoms with Gasteiger partial charge in [0.25, 0.3) is 0 Å². The number of nitrogen functional groups attached to an aromatic ring is 1. The van der Waals surface area contributed by atoms with Crippen LogP contribution in [0, 0.1) is 0 Å². The molecule has 0 unspecified atom stereocenters. The lowest BCUT2D eigenvalue weighted by Crippen LogP contribution is -2.44. The maximum absolute atomic E-state index is 12.0. The van der Waals surface area contributed by atoms with Gasteiger partial charge < -0.3 is 19.6 Å². The summed E-state index contributed by atoms with van der Waals surface area (Å²) in [5, 5.41) is 0.118. The molecule has 0 aliphatic carbocycles. The molecular formula is C15H27N3O4Si.